The van der Waals surface area contributed by atoms with Crippen LogP contribution < -0.4 is 14.2 Å². The number of aliphatic hydroxyl groups excluding tert-OH is 1. The van der Waals surface area contributed by atoms with E-state index in [1.54, 1.807) is 61.7 Å². The van der Waals surface area contributed by atoms with Crippen molar-refractivity contribution in [3.05, 3.63) is 114 Å². The maximum absolute atomic E-state index is 12.7. The minimum atomic E-state index is -3.79. The van der Waals surface area contributed by atoms with Gasteiger partial charge in [0, 0.05) is 11.8 Å². The fraction of sp³-hybridized carbons (Fsp3) is 0.278. The highest BCUT2D eigenvalue weighted by Gasteiger charge is 2.17. The lowest BCUT2D eigenvalue weighted by Crippen LogP contribution is -2.13. The monoisotopic (exact) mass is 676 g/mol. The Hall–Kier alpha value is -4.32. The molecule has 3 aromatic carbocycles. The number of aromatic nitrogens is 1. The quantitative estimate of drug-likeness (QED) is 0.0395. The van der Waals surface area contributed by atoms with E-state index in [1.807, 2.05) is 12.1 Å². The predicted octanol–water partition coefficient (Wildman–Crippen LogP) is 7.73. The van der Waals surface area contributed by atoms with Crippen molar-refractivity contribution in [2.45, 2.75) is 60.3 Å². The number of carboxylic acids is 1. The summed E-state index contributed by atoms with van der Waals surface area (Å²) in [6.45, 7) is 0.474. The van der Waals surface area contributed by atoms with E-state index < -0.39 is 21.4 Å². The summed E-state index contributed by atoms with van der Waals surface area (Å²) in [4.78, 5) is 15.9. The molecule has 3 N–H and O–H groups in total. The number of aliphatic hydroxyl groups is 1. The van der Waals surface area contributed by atoms with E-state index in [1.165, 1.54) is 30.2 Å². The highest BCUT2D eigenvalue weighted by molar-refractivity contribution is 7.99. The summed E-state index contributed by atoms with van der Waals surface area (Å²) in [5.41, 5.74) is 1.36. The van der Waals surface area contributed by atoms with Crippen molar-refractivity contribution in [2.75, 3.05) is 18.4 Å². The van der Waals surface area contributed by atoms with Crippen LogP contribution in [0, 0.1) is 0 Å². The molecule has 47 heavy (non-hydrogen) atoms. The normalized spacial score (nSPS) is 12.1. The number of sulfonamides is 1. The third kappa shape index (κ3) is 11.8. The Labute approximate surface area is 280 Å². The van der Waals surface area contributed by atoms with Crippen molar-refractivity contribution >= 4 is 39.5 Å². The molecule has 1 unspecified atom stereocenters. The van der Waals surface area contributed by atoms with E-state index >= 15 is 0 Å². The SMILES string of the molecule is COc1ccc(CCCCCCCCOc2ccc(SC(O)c3cccc(NS(=O)(=O)c4ccccc4)c3)nc2C=CC(=O)O)cc1. The fourth-order valence-electron chi connectivity index (χ4n) is 4.77. The fourth-order valence-corrected chi connectivity index (χ4v) is 6.64. The van der Waals surface area contributed by atoms with Gasteiger partial charge in [0.05, 0.1) is 23.6 Å². The summed E-state index contributed by atoms with van der Waals surface area (Å²) < 4.78 is 39.2. The number of ether oxygens (including phenoxy) is 2. The van der Waals surface area contributed by atoms with E-state index in [9.17, 15) is 23.4 Å². The first-order valence-electron chi connectivity index (χ1n) is 15.4. The molecule has 0 fully saturated rings. The van der Waals surface area contributed by atoms with Crippen LogP contribution in [-0.2, 0) is 21.2 Å². The number of carbonyl (C=O) groups is 1. The lowest BCUT2D eigenvalue weighted by atomic mass is 10.0. The Bertz CT molecular complexity index is 1710. The van der Waals surface area contributed by atoms with Crippen molar-refractivity contribution in [2.24, 2.45) is 0 Å². The molecule has 4 aromatic rings. The zero-order valence-corrected chi connectivity index (χ0v) is 27.9. The second-order valence-electron chi connectivity index (χ2n) is 10.8. The second-order valence-corrected chi connectivity index (χ2v) is 13.6. The molecular weight excluding hydrogens is 637 g/mol. The number of carboxylic acid groups (broad SMARTS) is 1. The third-order valence-corrected chi connectivity index (χ3v) is 9.59. The van der Waals surface area contributed by atoms with Crippen LogP contribution in [0.15, 0.2) is 107 Å². The lowest BCUT2D eigenvalue weighted by Gasteiger charge is -2.14. The van der Waals surface area contributed by atoms with E-state index in [4.69, 9.17) is 9.47 Å². The topological polar surface area (TPSA) is 135 Å². The molecule has 0 spiro atoms. The Morgan fingerprint density at radius 3 is 2.36 bits per heavy atom. The average Bonchev–Trinajstić information content (AvgIpc) is 3.07. The minimum Gasteiger partial charge on any atom is -0.497 e. The van der Waals surface area contributed by atoms with Gasteiger partial charge in [0.2, 0.25) is 0 Å². The number of aliphatic carboxylic acids is 1. The van der Waals surface area contributed by atoms with Crippen molar-refractivity contribution < 1.29 is 32.9 Å². The summed E-state index contributed by atoms with van der Waals surface area (Å²) >= 11 is 1.04. The molecule has 0 aliphatic rings. The molecule has 0 aliphatic carbocycles. The number of benzene rings is 3. The molecule has 4 rings (SSSR count). The summed E-state index contributed by atoms with van der Waals surface area (Å²) in [5, 5.41) is 20.6. The Morgan fingerprint density at radius 2 is 1.64 bits per heavy atom. The summed E-state index contributed by atoms with van der Waals surface area (Å²) in [6.07, 6.45) is 9.88. The van der Waals surface area contributed by atoms with Crippen molar-refractivity contribution in [3.8, 4) is 11.5 Å². The first kappa shape index (κ1) is 35.5. The van der Waals surface area contributed by atoms with Crippen molar-refractivity contribution in [1.82, 2.24) is 4.98 Å². The Balaban J connectivity index is 1.26. The van der Waals surface area contributed by atoms with Crippen LogP contribution in [0.1, 0.15) is 60.8 Å². The molecule has 0 bridgehead atoms. The van der Waals surface area contributed by atoms with E-state index in [2.05, 4.69) is 21.8 Å². The number of aryl methyl sites for hydroxylation is 1. The summed E-state index contributed by atoms with van der Waals surface area (Å²) in [6, 6.07) is 26.1. The van der Waals surface area contributed by atoms with Gasteiger partial charge in [-0.2, -0.15) is 0 Å². The molecule has 0 saturated carbocycles. The lowest BCUT2D eigenvalue weighted by molar-refractivity contribution is -0.131. The largest absolute Gasteiger partial charge is 0.497 e. The Kier molecular flexibility index (Phi) is 13.7. The molecule has 248 valence electrons. The first-order chi connectivity index (χ1) is 22.7. The van der Waals surface area contributed by atoms with Crippen LogP contribution in [0.25, 0.3) is 6.08 Å². The maximum atomic E-state index is 12.7. The molecule has 9 nitrogen and oxygen atoms in total. The highest BCUT2D eigenvalue weighted by Crippen LogP contribution is 2.35. The number of nitrogens with zero attached hydrogens (tertiary/aromatic N) is 1. The molecule has 1 aromatic heterocycles. The zero-order valence-electron chi connectivity index (χ0n) is 26.2. The van der Waals surface area contributed by atoms with Gasteiger partial charge in [-0.15, -0.1) is 0 Å². The third-order valence-electron chi connectivity index (χ3n) is 7.23. The zero-order chi connectivity index (χ0) is 33.5. The van der Waals surface area contributed by atoms with Crippen LogP contribution in [0.5, 0.6) is 11.5 Å². The first-order valence-corrected chi connectivity index (χ1v) is 17.8. The highest BCUT2D eigenvalue weighted by atomic mass is 32.2. The van der Waals surface area contributed by atoms with Gasteiger partial charge >= 0.3 is 5.97 Å². The number of rotatable bonds is 19. The van der Waals surface area contributed by atoms with Gasteiger partial charge in [0.25, 0.3) is 10.0 Å². The van der Waals surface area contributed by atoms with Crippen LogP contribution in [0.3, 0.4) is 0 Å². The van der Waals surface area contributed by atoms with Crippen molar-refractivity contribution in [3.63, 3.8) is 0 Å². The van der Waals surface area contributed by atoms with Gasteiger partial charge in [0.1, 0.15) is 22.6 Å². The van der Waals surface area contributed by atoms with Crippen molar-refractivity contribution in [1.29, 1.82) is 0 Å². The number of unbranched alkanes of at least 4 members (excludes halogenated alkanes) is 5. The number of thioether (sulfide) groups is 1. The molecule has 11 heteroatoms. The predicted molar refractivity (Wildman–Crippen MR) is 185 cm³/mol. The number of pyridine rings is 1. The number of hydrogen-bond donors (Lipinski definition) is 3. The molecule has 1 atom stereocenters. The molecule has 0 radical (unpaired) electrons. The van der Waals surface area contributed by atoms with E-state index in [0.717, 1.165) is 62.1 Å². The smallest absolute Gasteiger partial charge is 0.328 e. The van der Waals surface area contributed by atoms with Gasteiger partial charge < -0.3 is 19.7 Å². The average molecular weight is 677 g/mol. The summed E-state index contributed by atoms with van der Waals surface area (Å²) in [5.74, 6) is 0.216. The van der Waals surface area contributed by atoms with Crippen LogP contribution in [-0.4, -0.2) is 43.3 Å². The number of anilines is 1. The maximum Gasteiger partial charge on any atom is 0.328 e. The van der Waals surface area contributed by atoms with Gasteiger partial charge in [-0.05, 0) is 85.0 Å². The van der Waals surface area contributed by atoms with Gasteiger partial charge in [-0.25, -0.2) is 18.2 Å². The Morgan fingerprint density at radius 1 is 0.915 bits per heavy atom. The van der Waals surface area contributed by atoms with Gasteiger partial charge in [-0.1, -0.05) is 79.9 Å². The van der Waals surface area contributed by atoms with Crippen LogP contribution in [0.2, 0.25) is 0 Å². The molecule has 0 saturated heterocycles. The van der Waals surface area contributed by atoms with Crippen LogP contribution >= 0.6 is 11.8 Å². The number of methoxy groups -OCH3 is 1. The number of hydrogen-bond acceptors (Lipinski definition) is 8. The molecular formula is C36H40N2O7S2. The summed E-state index contributed by atoms with van der Waals surface area (Å²) in [7, 11) is -2.12. The number of nitrogens with one attached hydrogen (secondary N) is 1. The molecule has 0 amide bonds. The van der Waals surface area contributed by atoms with E-state index in [0.29, 0.717) is 34.3 Å². The van der Waals surface area contributed by atoms with Gasteiger partial charge in [0.15, 0.2) is 0 Å². The van der Waals surface area contributed by atoms with E-state index in [-0.39, 0.29) is 4.90 Å². The minimum absolute atomic E-state index is 0.130. The van der Waals surface area contributed by atoms with Gasteiger partial charge in [-0.3, -0.25) is 4.72 Å². The standard InChI is InChI=1S/C36H40N2O7S2/c1-44-30-19-17-27(18-20-30)12-7-4-2-3-5-10-25-45-33-22-23-34(37-32(33)21-24-35(39)40)46-36(41)28-13-11-14-29(26-28)38-47(42,43)31-15-8-6-9-16-31/h6,8-9,11,13-24,26,36,38,41H,2-5,7,10,12,25H2,1H3,(H,39,40). The van der Waals surface area contributed by atoms with Crippen LogP contribution in [0.4, 0.5) is 5.69 Å². The molecule has 1 heterocycles. The molecule has 0 aliphatic heterocycles. The second kappa shape index (κ2) is 18.1.